The maximum absolute atomic E-state index is 7.11. The number of benzene rings is 7. The van der Waals surface area contributed by atoms with Crippen LogP contribution in [-0.2, 0) is 0 Å². The van der Waals surface area contributed by atoms with Gasteiger partial charge in [0.25, 0.3) is 13.4 Å². The van der Waals surface area contributed by atoms with Gasteiger partial charge >= 0.3 is 0 Å². The summed E-state index contributed by atoms with van der Waals surface area (Å²) in [7, 11) is 0. The first kappa shape index (κ1) is 27.0. The highest BCUT2D eigenvalue weighted by Gasteiger charge is 2.47. The Kier molecular flexibility index (Phi) is 6.03. The molecule has 224 valence electrons. The van der Waals surface area contributed by atoms with E-state index in [1.165, 1.54) is 10.9 Å². The van der Waals surface area contributed by atoms with Gasteiger partial charge < -0.3 is 19.1 Å². The SMILES string of the molecule is c1ccc(B2c3ccccc3Oc3c2c2c(c4c3N(c3ccccc3)c3ccccc3O4)B(c3ccccc3)c3ccccc3O2)cc1. The number of hydrogen-bond donors (Lipinski definition) is 0. The van der Waals surface area contributed by atoms with Crippen molar-refractivity contribution in [2.75, 3.05) is 4.90 Å². The highest BCUT2D eigenvalue weighted by atomic mass is 16.5. The molecule has 0 saturated heterocycles. The predicted molar refractivity (Wildman–Crippen MR) is 196 cm³/mol. The second-order valence-corrected chi connectivity index (χ2v) is 12.4. The normalized spacial score (nSPS) is 13.4. The molecule has 4 nitrogen and oxygen atoms in total. The molecule has 0 amide bonds. The van der Waals surface area contributed by atoms with Crippen molar-refractivity contribution in [3.8, 4) is 34.5 Å². The van der Waals surface area contributed by atoms with Crippen molar-refractivity contribution in [1.29, 1.82) is 0 Å². The summed E-state index contributed by atoms with van der Waals surface area (Å²) in [6.07, 6.45) is 0. The first-order chi connectivity index (χ1) is 23.8. The molecular weight excluding hydrogens is 588 g/mol. The van der Waals surface area contributed by atoms with Crippen LogP contribution in [0.15, 0.2) is 164 Å². The number of anilines is 3. The summed E-state index contributed by atoms with van der Waals surface area (Å²) in [4.78, 5) is 2.30. The van der Waals surface area contributed by atoms with E-state index in [9.17, 15) is 0 Å². The van der Waals surface area contributed by atoms with Crippen molar-refractivity contribution in [1.82, 2.24) is 0 Å². The fraction of sp³-hybridized carbons (Fsp3) is 0. The third-order valence-corrected chi connectivity index (χ3v) is 9.69. The number of fused-ring (bicyclic) bond motifs is 9. The zero-order valence-corrected chi connectivity index (χ0v) is 25.9. The zero-order chi connectivity index (χ0) is 31.6. The molecule has 10 rings (SSSR count). The van der Waals surface area contributed by atoms with Gasteiger partial charge in [0.1, 0.15) is 22.9 Å². The minimum Gasteiger partial charge on any atom is -0.459 e. The maximum atomic E-state index is 7.11. The standard InChI is InChI=1S/C42H27B2NO3/c1-4-16-28(17-5-1)43-31-22-10-13-25-34(31)46-40-37-41(47-35-26-14-11-23-32(35)44(37)29-18-6-2-7-19-29)39-42(38(40)43)48-36-27-15-12-24-33(36)45(39)30-20-8-3-9-21-30/h1-27H. The Hall–Kier alpha value is -6.13. The Morgan fingerprint density at radius 1 is 0.375 bits per heavy atom. The molecule has 0 N–H and O–H groups in total. The number of ether oxygens (including phenoxy) is 3. The van der Waals surface area contributed by atoms with Gasteiger partial charge in [-0.1, -0.05) is 138 Å². The minimum absolute atomic E-state index is 0.151. The quantitative estimate of drug-likeness (QED) is 0.212. The Morgan fingerprint density at radius 3 is 1.35 bits per heavy atom. The average molecular weight is 615 g/mol. The average Bonchev–Trinajstić information content (AvgIpc) is 3.16. The fourth-order valence-corrected chi connectivity index (χ4v) is 7.70. The monoisotopic (exact) mass is 615 g/mol. The van der Waals surface area contributed by atoms with Crippen molar-refractivity contribution in [3.63, 3.8) is 0 Å². The molecule has 0 unspecified atom stereocenters. The van der Waals surface area contributed by atoms with Crippen molar-refractivity contribution in [2.24, 2.45) is 0 Å². The lowest BCUT2D eigenvalue weighted by molar-refractivity contribution is 0.445. The van der Waals surface area contributed by atoms with Crippen LogP contribution in [-0.4, -0.2) is 13.4 Å². The molecule has 0 radical (unpaired) electrons. The second-order valence-electron chi connectivity index (χ2n) is 12.4. The fourth-order valence-electron chi connectivity index (χ4n) is 7.70. The third kappa shape index (κ3) is 3.99. The molecule has 0 fully saturated rings. The van der Waals surface area contributed by atoms with E-state index in [1.54, 1.807) is 0 Å². The Bertz CT molecular complexity index is 2060. The van der Waals surface area contributed by atoms with Crippen molar-refractivity contribution in [2.45, 2.75) is 0 Å². The first-order valence-corrected chi connectivity index (χ1v) is 16.3. The lowest BCUT2D eigenvalue weighted by Crippen LogP contribution is -2.61. The van der Waals surface area contributed by atoms with Crippen LogP contribution in [0.3, 0.4) is 0 Å². The summed E-state index contributed by atoms with van der Waals surface area (Å²) < 4.78 is 21.3. The largest absolute Gasteiger partial charge is 0.459 e. The number of hydrogen-bond acceptors (Lipinski definition) is 4. The molecule has 7 aromatic carbocycles. The van der Waals surface area contributed by atoms with Crippen LogP contribution in [0.25, 0.3) is 0 Å². The van der Waals surface area contributed by atoms with Crippen molar-refractivity contribution >= 4 is 63.3 Å². The molecule has 6 heteroatoms. The van der Waals surface area contributed by atoms with Crippen LogP contribution in [0.5, 0.6) is 34.5 Å². The van der Waals surface area contributed by atoms with Gasteiger partial charge in [0, 0.05) is 16.6 Å². The summed E-state index contributed by atoms with van der Waals surface area (Å²) in [5.41, 5.74) is 9.35. The summed E-state index contributed by atoms with van der Waals surface area (Å²) >= 11 is 0. The maximum Gasteiger partial charge on any atom is 0.255 e. The van der Waals surface area contributed by atoms with E-state index in [1.807, 2.05) is 30.3 Å². The van der Waals surface area contributed by atoms with Gasteiger partial charge in [0.05, 0.1) is 5.69 Å². The van der Waals surface area contributed by atoms with Gasteiger partial charge in [-0.25, -0.2) is 0 Å². The Labute approximate surface area is 280 Å². The van der Waals surface area contributed by atoms with E-state index in [0.717, 1.165) is 73.4 Å². The molecule has 0 atom stereocenters. The summed E-state index contributed by atoms with van der Waals surface area (Å²) in [5, 5.41) is 0. The summed E-state index contributed by atoms with van der Waals surface area (Å²) in [6.45, 7) is -0.302. The van der Waals surface area contributed by atoms with E-state index >= 15 is 0 Å². The van der Waals surface area contributed by atoms with Crippen molar-refractivity contribution in [3.05, 3.63) is 164 Å². The van der Waals surface area contributed by atoms with Gasteiger partial charge in [-0.15, -0.1) is 0 Å². The lowest BCUT2D eigenvalue weighted by Gasteiger charge is -2.41. The van der Waals surface area contributed by atoms with E-state index in [4.69, 9.17) is 14.2 Å². The van der Waals surface area contributed by atoms with E-state index in [-0.39, 0.29) is 13.4 Å². The summed E-state index contributed by atoms with van der Waals surface area (Å²) in [6, 6.07) is 56.8. The van der Waals surface area contributed by atoms with E-state index < -0.39 is 0 Å². The van der Waals surface area contributed by atoms with Crippen LogP contribution in [0.2, 0.25) is 0 Å². The molecular formula is C42H27B2NO3. The van der Waals surface area contributed by atoms with Crippen LogP contribution in [0.1, 0.15) is 0 Å². The molecule has 3 heterocycles. The Balaban J connectivity index is 1.38. The van der Waals surface area contributed by atoms with Crippen LogP contribution in [0.4, 0.5) is 17.1 Å². The molecule has 0 aliphatic carbocycles. The topological polar surface area (TPSA) is 30.9 Å². The third-order valence-electron chi connectivity index (χ3n) is 9.69. The van der Waals surface area contributed by atoms with Crippen LogP contribution >= 0.6 is 0 Å². The molecule has 3 aliphatic heterocycles. The molecule has 7 aromatic rings. The number of para-hydroxylation sites is 5. The highest BCUT2D eigenvalue weighted by Crippen LogP contribution is 2.56. The zero-order valence-electron chi connectivity index (χ0n) is 25.9. The molecule has 3 aliphatic rings. The number of rotatable bonds is 3. The predicted octanol–water partition coefficient (Wildman–Crippen LogP) is 6.51. The lowest BCUT2D eigenvalue weighted by atomic mass is 9.31. The molecule has 0 aromatic heterocycles. The van der Waals surface area contributed by atoms with Gasteiger partial charge in [-0.2, -0.15) is 0 Å². The van der Waals surface area contributed by atoms with Gasteiger partial charge in [0.15, 0.2) is 17.2 Å². The molecule has 0 saturated carbocycles. The van der Waals surface area contributed by atoms with Crippen LogP contribution in [0, 0.1) is 0 Å². The summed E-state index contributed by atoms with van der Waals surface area (Å²) in [5.74, 6) is 4.69. The smallest absolute Gasteiger partial charge is 0.255 e. The van der Waals surface area contributed by atoms with Gasteiger partial charge in [-0.3, -0.25) is 0 Å². The first-order valence-electron chi connectivity index (χ1n) is 16.3. The number of nitrogens with zero attached hydrogens (tertiary/aromatic N) is 1. The van der Waals surface area contributed by atoms with Crippen LogP contribution < -0.4 is 51.9 Å². The van der Waals surface area contributed by atoms with E-state index in [0.29, 0.717) is 0 Å². The Morgan fingerprint density at radius 2 is 0.792 bits per heavy atom. The molecule has 48 heavy (non-hydrogen) atoms. The minimum atomic E-state index is -0.151. The van der Waals surface area contributed by atoms with Gasteiger partial charge in [-0.05, 0) is 47.3 Å². The molecule has 0 spiro atoms. The van der Waals surface area contributed by atoms with Crippen molar-refractivity contribution < 1.29 is 14.2 Å². The second kappa shape index (κ2) is 10.7. The highest BCUT2D eigenvalue weighted by molar-refractivity contribution is 7.01. The molecule has 0 bridgehead atoms. The van der Waals surface area contributed by atoms with E-state index in [2.05, 4.69) is 138 Å². The van der Waals surface area contributed by atoms with Gasteiger partial charge in [0.2, 0.25) is 0 Å².